The van der Waals surface area contributed by atoms with Gasteiger partial charge in [-0.1, -0.05) is 85.7 Å². The summed E-state index contributed by atoms with van der Waals surface area (Å²) in [4.78, 5) is 40.0. The van der Waals surface area contributed by atoms with Crippen molar-refractivity contribution in [2.75, 3.05) is 6.61 Å². The summed E-state index contributed by atoms with van der Waals surface area (Å²) in [5.74, 6) is -1.28. The van der Waals surface area contributed by atoms with E-state index in [2.05, 4.69) is 11.8 Å². The first kappa shape index (κ1) is 22.7. The average Bonchev–Trinajstić information content (AvgIpc) is 3.15. The van der Waals surface area contributed by atoms with Crippen molar-refractivity contribution in [1.82, 2.24) is 4.90 Å². The van der Waals surface area contributed by atoms with Crippen LogP contribution in [0.15, 0.2) is 72.0 Å². The van der Waals surface area contributed by atoms with Crippen molar-refractivity contribution in [3.05, 3.63) is 77.3 Å². The Morgan fingerprint density at radius 3 is 2.61 bits per heavy atom. The second-order valence-corrected chi connectivity index (χ2v) is 8.22. The van der Waals surface area contributed by atoms with E-state index in [1.807, 2.05) is 43.3 Å². The van der Waals surface area contributed by atoms with Crippen molar-refractivity contribution in [3.63, 3.8) is 0 Å². The first-order valence-corrected chi connectivity index (χ1v) is 10.9. The molecule has 2 fully saturated rings. The lowest BCUT2D eigenvalue weighted by Crippen LogP contribution is -2.52. The molecule has 0 N–H and O–H groups in total. The lowest BCUT2D eigenvalue weighted by Gasteiger charge is -2.39. The number of carbonyl (C=O) groups is 2. The third-order valence-electron chi connectivity index (χ3n) is 6.20. The number of rotatable bonds is 8. The summed E-state index contributed by atoms with van der Waals surface area (Å²) >= 11 is 0. The molecular weight excluding hydrogens is 392 g/mol. The van der Waals surface area contributed by atoms with E-state index in [1.165, 1.54) is 4.90 Å². The van der Waals surface area contributed by atoms with Crippen molar-refractivity contribution >= 4 is 12.0 Å². The van der Waals surface area contributed by atoms with E-state index in [1.54, 1.807) is 18.2 Å². The molecule has 1 aromatic carbocycles. The van der Waals surface area contributed by atoms with Crippen LogP contribution < -0.4 is 0 Å². The van der Waals surface area contributed by atoms with Crippen LogP contribution in [0.2, 0.25) is 0 Å². The largest absolute Gasteiger partial charge is 0.447 e. The van der Waals surface area contributed by atoms with Crippen LogP contribution in [-0.4, -0.2) is 35.1 Å². The van der Waals surface area contributed by atoms with Crippen molar-refractivity contribution in [2.45, 2.75) is 57.0 Å². The number of benzene rings is 1. The Morgan fingerprint density at radius 1 is 1.29 bits per heavy atom. The molecule has 0 aromatic heterocycles. The van der Waals surface area contributed by atoms with Crippen LogP contribution in [0.3, 0.4) is 0 Å². The highest BCUT2D eigenvalue weighted by Gasteiger charge is 2.51. The van der Waals surface area contributed by atoms with Crippen LogP contribution in [-0.2, 0) is 16.0 Å². The first-order chi connectivity index (χ1) is 15.1. The number of nitroso groups, excluding NO2 is 1. The standard InChI is InChI=1S/C25H30N2O4/c1-3-11-20(12-4-2)22(25(26-30)15-9-6-10-16-25)23(28)27-21(18-31-24(27)29)17-19-13-7-5-8-14-19/h3-5,7-8,11-14,21-22H,1,6,9-10,15-18H2,2H3/b12-4-,20-11+. The zero-order chi connectivity index (χ0) is 22.3. The fourth-order valence-electron chi connectivity index (χ4n) is 4.76. The zero-order valence-electron chi connectivity index (χ0n) is 18.0. The molecule has 1 aromatic rings. The Morgan fingerprint density at radius 2 is 2.00 bits per heavy atom. The van der Waals surface area contributed by atoms with E-state index >= 15 is 0 Å². The fraction of sp³-hybridized carbons (Fsp3) is 0.440. The van der Waals surface area contributed by atoms with Crippen LogP contribution in [0.5, 0.6) is 0 Å². The molecule has 2 aliphatic rings. The molecule has 1 heterocycles. The monoisotopic (exact) mass is 422 g/mol. The van der Waals surface area contributed by atoms with E-state index in [0.29, 0.717) is 24.8 Å². The van der Waals surface area contributed by atoms with Gasteiger partial charge in [-0.3, -0.25) is 4.79 Å². The Labute approximate surface area is 183 Å². The molecule has 2 amide bonds. The third kappa shape index (κ3) is 4.84. The molecule has 0 radical (unpaired) electrons. The summed E-state index contributed by atoms with van der Waals surface area (Å²) in [5, 5.41) is 3.53. The average molecular weight is 423 g/mol. The summed E-state index contributed by atoms with van der Waals surface area (Å²) in [6, 6.07) is 9.26. The van der Waals surface area contributed by atoms with Crippen molar-refractivity contribution in [3.8, 4) is 0 Å². The van der Waals surface area contributed by atoms with Crippen LogP contribution in [0.1, 0.15) is 44.6 Å². The molecule has 6 nitrogen and oxygen atoms in total. The highest BCUT2D eigenvalue weighted by Crippen LogP contribution is 2.43. The summed E-state index contributed by atoms with van der Waals surface area (Å²) in [6.07, 6.45) is 10.5. The third-order valence-corrected chi connectivity index (χ3v) is 6.20. The number of allylic oxidation sites excluding steroid dienone is 4. The summed E-state index contributed by atoms with van der Waals surface area (Å²) in [7, 11) is 0. The number of hydrogen-bond donors (Lipinski definition) is 0. The van der Waals surface area contributed by atoms with Crippen molar-refractivity contribution in [1.29, 1.82) is 0 Å². The molecule has 1 saturated carbocycles. The van der Waals surface area contributed by atoms with E-state index in [4.69, 9.17) is 4.74 Å². The van der Waals surface area contributed by atoms with E-state index in [9.17, 15) is 14.5 Å². The number of ether oxygens (including phenoxy) is 1. The predicted molar refractivity (Wildman–Crippen MR) is 120 cm³/mol. The maximum Gasteiger partial charge on any atom is 0.417 e. The van der Waals surface area contributed by atoms with E-state index in [0.717, 1.165) is 24.8 Å². The number of hydrogen-bond acceptors (Lipinski definition) is 5. The minimum atomic E-state index is -1.08. The molecule has 2 atom stereocenters. The molecule has 1 aliphatic carbocycles. The quantitative estimate of drug-likeness (QED) is 0.418. The second kappa shape index (κ2) is 10.3. The molecule has 164 valence electrons. The van der Waals surface area contributed by atoms with Gasteiger partial charge in [0.2, 0.25) is 5.91 Å². The molecule has 3 rings (SSSR count). The van der Waals surface area contributed by atoms with Gasteiger partial charge in [0.1, 0.15) is 12.1 Å². The Kier molecular flexibility index (Phi) is 7.55. The highest BCUT2D eigenvalue weighted by molar-refractivity contribution is 5.97. The fourth-order valence-corrected chi connectivity index (χ4v) is 4.76. The van der Waals surface area contributed by atoms with Crippen LogP contribution in [0.4, 0.5) is 4.79 Å². The minimum Gasteiger partial charge on any atom is -0.447 e. The lowest BCUT2D eigenvalue weighted by molar-refractivity contribution is -0.134. The normalized spacial score (nSPS) is 22.2. The highest BCUT2D eigenvalue weighted by atomic mass is 16.6. The van der Waals surface area contributed by atoms with Gasteiger partial charge in [-0.15, -0.1) is 0 Å². The number of imide groups is 1. The molecule has 2 unspecified atom stereocenters. The lowest BCUT2D eigenvalue weighted by atomic mass is 9.69. The molecular formula is C25H30N2O4. The summed E-state index contributed by atoms with van der Waals surface area (Å²) in [5.41, 5.74) is 0.572. The number of amides is 2. The predicted octanol–water partition coefficient (Wildman–Crippen LogP) is 5.35. The summed E-state index contributed by atoms with van der Waals surface area (Å²) < 4.78 is 5.27. The van der Waals surface area contributed by atoms with Crippen molar-refractivity contribution in [2.24, 2.45) is 11.1 Å². The van der Waals surface area contributed by atoms with Crippen molar-refractivity contribution < 1.29 is 14.3 Å². The van der Waals surface area contributed by atoms with Gasteiger partial charge in [-0.2, -0.15) is 4.91 Å². The number of carbonyl (C=O) groups excluding carboxylic acids is 2. The van der Waals surface area contributed by atoms with E-state index < -0.39 is 29.5 Å². The van der Waals surface area contributed by atoms with Crippen LogP contribution >= 0.6 is 0 Å². The van der Waals surface area contributed by atoms with E-state index in [-0.39, 0.29) is 6.61 Å². The van der Waals surface area contributed by atoms with Gasteiger partial charge in [0.05, 0.1) is 12.0 Å². The number of cyclic esters (lactones) is 1. The minimum absolute atomic E-state index is 0.137. The van der Waals surface area contributed by atoms with Gasteiger partial charge in [0.25, 0.3) is 0 Å². The maximum absolute atomic E-state index is 13.9. The smallest absolute Gasteiger partial charge is 0.417 e. The molecule has 1 saturated heterocycles. The van der Waals surface area contributed by atoms with Gasteiger partial charge in [-0.25, -0.2) is 9.69 Å². The van der Waals surface area contributed by atoms with Gasteiger partial charge in [-0.05, 0) is 37.3 Å². The van der Waals surface area contributed by atoms with Gasteiger partial charge in [0, 0.05) is 0 Å². The van der Waals surface area contributed by atoms with Gasteiger partial charge >= 0.3 is 6.09 Å². The Bertz CT molecular complexity index is 869. The first-order valence-electron chi connectivity index (χ1n) is 10.9. The van der Waals surface area contributed by atoms with Gasteiger partial charge < -0.3 is 4.74 Å². The molecule has 0 bridgehead atoms. The molecule has 31 heavy (non-hydrogen) atoms. The number of nitrogens with zero attached hydrogens (tertiary/aromatic N) is 2. The zero-order valence-corrected chi connectivity index (χ0v) is 18.0. The molecule has 0 spiro atoms. The van der Waals surface area contributed by atoms with Crippen LogP contribution in [0, 0.1) is 10.8 Å². The van der Waals surface area contributed by atoms with Gasteiger partial charge in [0.15, 0.2) is 0 Å². The molecule has 1 aliphatic heterocycles. The summed E-state index contributed by atoms with van der Waals surface area (Å²) in [6.45, 7) is 5.75. The second-order valence-electron chi connectivity index (χ2n) is 8.22. The topological polar surface area (TPSA) is 76.0 Å². The Balaban J connectivity index is 2.01. The SMILES string of the molecule is C=C/C=C(\C=C/C)C(C(=O)N1C(=O)OCC1Cc1ccccc1)C1(N=O)CCCCC1. The maximum atomic E-state index is 13.9. The molecule has 6 heteroatoms. The Hall–Kier alpha value is -3.02. The van der Waals surface area contributed by atoms with Crippen LogP contribution in [0.25, 0.3) is 0 Å².